The van der Waals surface area contributed by atoms with Gasteiger partial charge in [0, 0.05) is 18.3 Å². The summed E-state index contributed by atoms with van der Waals surface area (Å²) in [6.07, 6.45) is 1.86. The van der Waals surface area contributed by atoms with Crippen LogP contribution in [0.15, 0.2) is 48.7 Å². The molecule has 0 fully saturated rings. The van der Waals surface area contributed by atoms with Crippen molar-refractivity contribution in [1.29, 1.82) is 0 Å². The van der Waals surface area contributed by atoms with Gasteiger partial charge in [0.05, 0.1) is 25.3 Å². The third kappa shape index (κ3) is 4.91. The number of rotatable bonds is 7. The minimum absolute atomic E-state index is 0.108. The van der Waals surface area contributed by atoms with Crippen LogP contribution in [-0.4, -0.2) is 34.9 Å². The van der Waals surface area contributed by atoms with E-state index in [9.17, 15) is 9.59 Å². The SMILES string of the molecule is CCOC(=O)CCN(Cc1ccccn1)C(=O)c1ccccc1C. The molecule has 2 aromatic rings. The van der Waals surface area contributed by atoms with Gasteiger partial charge in [0.2, 0.25) is 0 Å². The molecule has 0 saturated heterocycles. The van der Waals surface area contributed by atoms with E-state index in [2.05, 4.69) is 4.98 Å². The van der Waals surface area contributed by atoms with Crippen molar-refractivity contribution in [2.75, 3.05) is 13.2 Å². The zero-order chi connectivity index (χ0) is 17.4. The lowest BCUT2D eigenvalue weighted by Gasteiger charge is -2.23. The van der Waals surface area contributed by atoms with Crippen molar-refractivity contribution in [2.24, 2.45) is 0 Å². The first-order chi connectivity index (χ1) is 11.6. The van der Waals surface area contributed by atoms with Crippen molar-refractivity contribution >= 4 is 11.9 Å². The zero-order valence-corrected chi connectivity index (χ0v) is 14.1. The lowest BCUT2D eigenvalue weighted by molar-refractivity contribution is -0.143. The minimum atomic E-state index is -0.305. The Balaban J connectivity index is 2.16. The van der Waals surface area contributed by atoms with Gasteiger partial charge in [0.1, 0.15) is 0 Å². The quantitative estimate of drug-likeness (QED) is 0.734. The fraction of sp³-hybridized carbons (Fsp3) is 0.316. The zero-order valence-electron chi connectivity index (χ0n) is 14.1. The predicted octanol–water partition coefficient (Wildman–Crippen LogP) is 2.99. The topological polar surface area (TPSA) is 59.5 Å². The van der Waals surface area contributed by atoms with Crippen molar-refractivity contribution in [1.82, 2.24) is 9.88 Å². The summed E-state index contributed by atoms with van der Waals surface area (Å²) in [5.74, 6) is -0.413. The first-order valence-corrected chi connectivity index (χ1v) is 8.02. The van der Waals surface area contributed by atoms with Crippen molar-refractivity contribution in [2.45, 2.75) is 26.8 Å². The lowest BCUT2D eigenvalue weighted by Crippen LogP contribution is -2.33. The molecule has 0 spiro atoms. The molecule has 5 heteroatoms. The Bertz CT molecular complexity index is 686. The van der Waals surface area contributed by atoms with Gasteiger partial charge >= 0.3 is 5.97 Å². The van der Waals surface area contributed by atoms with Gasteiger partial charge in [-0.15, -0.1) is 0 Å². The highest BCUT2D eigenvalue weighted by atomic mass is 16.5. The van der Waals surface area contributed by atoms with E-state index >= 15 is 0 Å². The van der Waals surface area contributed by atoms with Gasteiger partial charge < -0.3 is 9.64 Å². The van der Waals surface area contributed by atoms with E-state index in [1.54, 1.807) is 24.1 Å². The highest BCUT2D eigenvalue weighted by Gasteiger charge is 2.19. The monoisotopic (exact) mass is 326 g/mol. The Morgan fingerprint density at radius 3 is 2.54 bits per heavy atom. The molecule has 0 saturated carbocycles. The maximum atomic E-state index is 12.9. The first-order valence-electron chi connectivity index (χ1n) is 8.02. The molecule has 0 N–H and O–H groups in total. The van der Waals surface area contributed by atoms with Gasteiger partial charge in [-0.3, -0.25) is 14.6 Å². The Hall–Kier alpha value is -2.69. The number of hydrogen-bond acceptors (Lipinski definition) is 4. The molecule has 1 aromatic heterocycles. The third-order valence-corrected chi connectivity index (χ3v) is 3.63. The number of amides is 1. The van der Waals surface area contributed by atoms with Crippen molar-refractivity contribution < 1.29 is 14.3 Å². The van der Waals surface area contributed by atoms with Crippen LogP contribution < -0.4 is 0 Å². The molecule has 0 bridgehead atoms. The number of ether oxygens (including phenoxy) is 1. The van der Waals surface area contributed by atoms with Gasteiger partial charge in [-0.2, -0.15) is 0 Å². The van der Waals surface area contributed by atoms with Crippen LogP contribution in [0.5, 0.6) is 0 Å². The highest BCUT2D eigenvalue weighted by molar-refractivity contribution is 5.95. The number of benzene rings is 1. The maximum Gasteiger partial charge on any atom is 0.307 e. The summed E-state index contributed by atoms with van der Waals surface area (Å²) in [6.45, 7) is 4.65. The number of nitrogens with zero attached hydrogens (tertiary/aromatic N) is 2. The number of carbonyl (C=O) groups is 2. The third-order valence-electron chi connectivity index (χ3n) is 3.63. The lowest BCUT2D eigenvalue weighted by atomic mass is 10.1. The van der Waals surface area contributed by atoms with E-state index in [0.717, 1.165) is 11.3 Å². The fourth-order valence-electron chi connectivity index (χ4n) is 2.38. The Labute approximate surface area is 142 Å². The molecular weight excluding hydrogens is 304 g/mol. The molecule has 0 aliphatic rings. The van der Waals surface area contributed by atoms with Crippen LogP contribution in [0, 0.1) is 6.92 Å². The number of aromatic nitrogens is 1. The predicted molar refractivity (Wildman–Crippen MR) is 91.4 cm³/mol. The molecule has 2 rings (SSSR count). The molecule has 0 aliphatic heterocycles. The van der Waals surface area contributed by atoms with Crippen LogP contribution in [-0.2, 0) is 16.1 Å². The second-order valence-electron chi connectivity index (χ2n) is 5.42. The molecule has 0 atom stereocenters. The van der Waals surface area contributed by atoms with Crippen LogP contribution >= 0.6 is 0 Å². The Kier molecular flexibility index (Phi) is 6.49. The Morgan fingerprint density at radius 2 is 1.88 bits per heavy atom. The molecule has 126 valence electrons. The summed E-state index contributed by atoms with van der Waals surface area (Å²) in [7, 11) is 0. The second kappa shape index (κ2) is 8.82. The van der Waals surface area contributed by atoms with E-state index in [1.807, 2.05) is 43.3 Å². The molecule has 1 aromatic carbocycles. The number of hydrogen-bond donors (Lipinski definition) is 0. The molecule has 5 nitrogen and oxygen atoms in total. The normalized spacial score (nSPS) is 10.2. The van der Waals surface area contributed by atoms with Crippen LogP contribution in [0.4, 0.5) is 0 Å². The van der Waals surface area contributed by atoms with E-state index in [0.29, 0.717) is 25.3 Å². The molecule has 0 radical (unpaired) electrons. The van der Waals surface area contributed by atoms with Gasteiger partial charge in [-0.05, 0) is 37.6 Å². The highest BCUT2D eigenvalue weighted by Crippen LogP contribution is 2.13. The van der Waals surface area contributed by atoms with E-state index in [-0.39, 0.29) is 18.3 Å². The molecule has 1 amide bonds. The average Bonchev–Trinajstić information content (AvgIpc) is 2.59. The van der Waals surface area contributed by atoms with Crippen LogP contribution in [0.25, 0.3) is 0 Å². The standard InChI is InChI=1S/C19H22N2O3/c1-3-24-18(22)11-13-21(14-16-9-6-7-12-20-16)19(23)17-10-5-4-8-15(17)2/h4-10,12H,3,11,13-14H2,1-2H3. The molecule has 0 aliphatic carbocycles. The minimum Gasteiger partial charge on any atom is -0.466 e. The van der Waals surface area contributed by atoms with Gasteiger partial charge in [-0.1, -0.05) is 24.3 Å². The van der Waals surface area contributed by atoms with Gasteiger partial charge in [0.25, 0.3) is 5.91 Å². The average molecular weight is 326 g/mol. The number of esters is 1. The van der Waals surface area contributed by atoms with Crippen LogP contribution in [0.2, 0.25) is 0 Å². The van der Waals surface area contributed by atoms with E-state index in [1.165, 1.54) is 0 Å². The Morgan fingerprint density at radius 1 is 1.12 bits per heavy atom. The molecule has 24 heavy (non-hydrogen) atoms. The van der Waals surface area contributed by atoms with Crippen molar-refractivity contribution in [3.63, 3.8) is 0 Å². The fourth-order valence-corrected chi connectivity index (χ4v) is 2.38. The summed E-state index contributed by atoms with van der Waals surface area (Å²) in [5.41, 5.74) is 2.32. The van der Waals surface area contributed by atoms with Gasteiger partial charge in [-0.25, -0.2) is 0 Å². The summed E-state index contributed by atoms with van der Waals surface area (Å²) < 4.78 is 4.96. The van der Waals surface area contributed by atoms with Gasteiger partial charge in [0.15, 0.2) is 0 Å². The number of pyridine rings is 1. The second-order valence-corrected chi connectivity index (χ2v) is 5.42. The molecular formula is C19H22N2O3. The maximum absolute atomic E-state index is 12.9. The summed E-state index contributed by atoms with van der Waals surface area (Å²) in [5, 5.41) is 0. The largest absolute Gasteiger partial charge is 0.466 e. The number of aryl methyl sites for hydroxylation is 1. The number of carbonyl (C=O) groups excluding carboxylic acids is 2. The first kappa shape index (κ1) is 17.7. The smallest absolute Gasteiger partial charge is 0.307 e. The van der Waals surface area contributed by atoms with Crippen LogP contribution in [0.3, 0.4) is 0 Å². The molecule has 0 unspecified atom stereocenters. The molecule has 1 heterocycles. The van der Waals surface area contributed by atoms with Crippen LogP contribution in [0.1, 0.15) is 35.0 Å². The van der Waals surface area contributed by atoms with E-state index in [4.69, 9.17) is 4.74 Å². The summed E-state index contributed by atoms with van der Waals surface area (Å²) in [4.78, 5) is 30.4. The van der Waals surface area contributed by atoms with E-state index < -0.39 is 0 Å². The summed E-state index contributed by atoms with van der Waals surface area (Å²) >= 11 is 0. The van der Waals surface area contributed by atoms with Crippen molar-refractivity contribution in [3.05, 3.63) is 65.5 Å². The van der Waals surface area contributed by atoms with Crippen molar-refractivity contribution in [3.8, 4) is 0 Å². The summed E-state index contributed by atoms with van der Waals surface area (Å²) in [6, 6.07) is 13.0.